The molecule has 0 bridgehead atoms. The lowest BCUT2D eigenvalue weighted by Crippen LogP contribution is -2.49. The first kappa shape index (κ1) is 16.0. The molecule has 0 aliphatic heterocycles. The van der Waals surface area contributed by atoms with Crippen LogP contribution in [0.3, 0.4) is 0 Å². The van der Waals surface area contributed by atoms with Gasteiger partial charge in [0, 0.05) is 26.2 Å². The molecule has 1 heterocycles. The van der Waals surface area contributed by atoms with Gasteiger partial charge >= 0.3 is 5.69 Å². The highest BCUT2D eigenvalue weighted by molar-refractivity contribution is 5.51. The lowest BCUT2D eigenvalue weighted by molar-refractivity contribution is 0.358. The van der Waals surface area contributed by atoms with Gasteiger partial charge in [-0.3, -0.25) is 13.9 Å². The Labute approximate surface area is 117 Å². The minimum atomic E-state index is -0.610. The van der Waals surface area contributed by atoms with Gasteiger partial charge in [-0.05, 0) is 12.8 Å². The van der Waals surface area contributed by atoms with Gasteiger partial charge in [0.1, 0.15) is 11.9 Å². The second kappa shape index (κ2) is 5.51. The van der Waals surface area contributed by atoms with Crippen molar-refractivity contribution in [3.63, 3.8) is 0 Å². The van der Waals surface area contributed by atoms with E-state index in [0.717, 1.165) is 4.57 Å². The van der Waals surface area contributed by atoms with Gasteiger partial charge in [-0.15, -0.1) is 0 Å². The molecule has 0 fully saturated rings. The summed E-state index contributed by atoms with van der Waals surface area (Å²) in [7, 11) is 2.85. The number of anilines is 1. The summed E-state index contributed by atoms with van der Waals surface area (Å²) >= 11 is 0. The molecule has 1 aromatic rings. The standard InChI is InChI=1S/C13H21N5O2/c1-8(2)13(3,15)7-16-10-9(6-14)11(19)18(5)12(20)17(10)4/h8,16H,7,15H2,1-5H3. The zero-order valence-corrected chi connectivity index (χ0v) is 12.5. The predicted octanol–water partition coefficient (Wildman–Crippen LogP) is -0.259. The highest BCUT2D eigenvalue weighted by Crippen LogP contribution is 2.15. The first-order chi connectivity index (χ1) is 9.13. The molecule has 7 heteroatoms. The third kappa shape index (κ3) is 2.75. The molecule has 0 aliphatic rings. The smallest absolute Gasteiger partial charge is 0.332 e. The van der Waals surface area contributed by atoms with Gasteiger partial charge in [-0.25, -0.2) is 4.79 Å². The molecule has 0 saturated heterocycles. The van der Waals surface area contributed by atoms with E-state index in [9.17, 15) is 9.59 Å². The van der Waals surface area contributed by atoms with Crippen LogP contribution in [0.2, 0.25) is 0 Å². The Morgan fingerprint density at radius 3 is 2.35 bits per heavy atom. The summed E-state index contributed by atoms with van der Waals surface area (Å²) in [6.45, 7) is 6.18. The number of nitriles is 1. The summed E-state index contributed by atoms with van der Waals surface area (Å²) in [6.07, 6.45) is 0. The number of hydrogen-bond acceptors (Lipinski definition) is 5. The number of nitrogens with two attached hydrogens (primary N) is 1. The average molecular weight is 279 g/mol. The molecule has 0 amide bonds. The van der Waals surface area contributed by atoms with Crippen LogP contribution in [-0.2, 0) is 14.1 Å². The molecule has 7 nitrogen and oxygen atoms in total. The molecule has 0 radical (unpaired) electrons. The van der Waals surface area contributed by atoms with Crippen LogP contribution in [0.4, 0.5) is 5.82 Å². The van der Waals surface area contributed by atoms with Gasteiger partial charge in [-0.2, -0.15) is 5.26 Å². The first-order valence-corrected chi connectivity index (χ1v) is 6.36. The molecule has 0 spiro atoms. The summed E-state index contributed by atoms with van der Waals surface area (Å²) in [6, 6.07) is 1.84. The molecule has 20 heavy (non-hydrogen) atoms. The topological polar surface area (TPSA) is 106 Å². The maximum atomic E-state index is 11.9. The fourth-order valence-electron chi connectivity index (χ4n) is 1.63. The number of nitrogens with zero attached hydrogens (tertiary/aromatic N) is 3. The summed E-state index contributed by atoms with van der Waals surface area (Å²) in [5, 5.41) is 12.1. The van der Waals surface area contributed by atoms with E-state index in [2.05, 4.69) is 5.32 Å². The minimum absolute atomic E-state index is 0.0887. The van der Waals surface area contributed by atoms with Crippen molar-refractivity contribution < 1.29 is 0 Å². The molecule has 1 aromatic heterocycles. The third-order valence-electron chi connectivity index (χ3n) is 3.73. The van der Waals surface area contributed by atoms with E-state index < -0.39 is 16.8 Å². The van der Waals surface area contributed by atoms with Crippen molar-refractivity contribution >= 4 is 5.82 Å². The van der Waals surface area contributed by atoms with E-state index in [4.69, 9.17) is 11.0 Å². The number of aromatic nitrogens is 2. The zero-order chi connectivity index (χ0) is 15.7. The molecular weight excluding hydrogens is 258 g/mol. The Morgan fingerprint density at radius 2 is 1.90 bits per heavy atom. The van der Waals surface area contributed by atoms with Crippen LogP contribution < -0.4 is 22.3 Å². The van der Waals surface area contributed by atoms with Crippen LogP contribution >= 0.6 is 0 Å². The molecule has 0 aromatic carbocycles. The van der Waals surface area contributed by atoms with Gasteiger partial charge in [0.25, 0.3) is 5.56 Å². The van der Waals surface area contributed by atoms with E-state index in [1.165, 1.54) is 18.7 Å². The Hall–Kier alpha value is -2.07. The molecule has 110 valence electrons. The normalized spacial score (nSPS) is 13.9. The lowest BCUT2D eigenvalue weighted by Gasteiger charge is -2.30. The Kier molecular flexibility index (Phi) is 4.40. The van der Waals surface area contributed by atoms with Gasteiger partial charge in [0.2, 0.25) is 0 Å². The predicted molar refractivity (Wildman–Crippen MR) is 77.6 cm³/mol. The minimum Gasteiger partial charge on any atom is -0.368 e. The van der Waals surface area contributed by atoms with Crippen LogP contribution in [0.5, 0.6) is 0 Å². The largest absolute Gasteiger partial charge is 0.368 e. The third-order valence-corrected chi connectivity index (χ3v) is 3.73. The van der Waals surface area contributed by atoms with Crippen LogP contribution in [0.25, 0.3) is 0 Å². The number of nitrogens with one attached hydrogen (secondary N) is 1. The summed E-state index contributed by atoms with van der Waals surface area (Å²) in [5.74, 6) is 0.405. The SMILES string of the molecule is CC(C)C(C)(N)CNc1c(C#N)c(=O)n(C)c(=O)n1C. The summed E-state index contributed by atoms with van der Waals surface area (Å²) in [4.78, 5) is 23.8. The van der Waals surface area contributed by atoms with Gasteiger partial charge in [-0.1, -0.05) is 13.8 Å². The maximum Gasteiger partial charge on any atom is 0.332 e. The van der Waals surface area contributed by atoms with E-state index in [0.29, 0.717) is 6.54 Å². The highest BCUT2D eigenvalue weighted by atomic mass is 16.2. The second-order valence-corrected chi connectivity index (χ2v) is 5.56. The summed E-state index contributed by atoms with van der Waals surface area (Å²) in [5.41, 5.74) is 4.43. The molecule has 0 aliphatic carbocycles. The van der Waals surface area contributed by atoms with Crippen molar-refractivity contribution in [2.24, 2.45) is 25.7 Å². The molecular formula is C13H21N5O2. The first-order valence-electron chi connectivity index (χ1n) is 6.36. The number of hydrogen-bond donors (Lipinski definition) is 2. The van der Waals surface area contributed by atoms with Crippen LogP contribution in [-0.4, -0.2) is 21.2 Å². The molecule has 1 rings (SSSR count). The van der Waals surface area contributed by atoms with E-state index >= 15 is 0 Å². The Morgan fingerprint density at radius 1 is 1.35 bits per heavy atom. The molecule has 0 saturated carbocycles. The molecule has 1 atom stereocenters. The van der Waals surface area contributed by atoms with E-state index in [1.807, 2.05) is 26.8 Å². The second-order valence-electron chi connectivity index (χ2n) is 5.56. The van der Waals surface area contributed by atoms with Crippen LogP contribution in [0.1, 0.15) is 26.3 Å². The van der Waals surface area contributed by atoms with Crippen molar-refractivity contribution in [3.05, 3.63) is 26.4 Å². The Bertz CT molecular complexity index is 661. The molecule has 3 N–H and O–H groups in total. The van der Waals surface area contributed by atoms with E-state index in [-0.39, 0.29) is 17.3 Å². The van der Waals surface area contributed by atoms with Crippen molar-refractivity contribution in [1.29, 1.82) is 5.26 Å². The zero-order valence-electron chi connectivity index (χ0n) is 12.5. The maximum absolute atomic E-state index is 11.9. The van der Waals surface area contributed by atoms with E-state index in [1.54, 1.807) is 0 Å². The number of rotatable bonds is 4. The highest BCUT2D eigenvalue weighted by Gasteiger charge is 2.24. The monoisotopic (exact) mass is 279 g/mol. The van der Waals surface area contributed by atoms with Crippen molar-refractivity contribution in [2.75, 3.05) is 11.9 Å². The van der Waals surface area contributed by atoms with Crippen molar-refractivity contribution in [1.82, 2.24) is 9.13 Å². The van der Waals surface area contributed by atoms with Crippen LogP contribution in [0, 0.1) is 17.2 Å². The lowest BCUT2D eigenvalue weighted by atomic mass is 9.90. The van der Waals surface area contributed by atoms with Gasteiger partial charge < -0.3 is 11.1 Å². The molecule has 1 unspecified atom stereocenters. The fourth-order valence-corrected chi connectivity index (χ4v) is 1.63. The summed E-state index contributed by atoms with van der Waals surface area (Å²) < 4.78 is 2.16. The average Bonchev–Trinajstić information content (AvgIpc) is 2.38. The van der Waals surface area contributed by atoms with Crippen molar-refractivity contribution in [3.8, 4) is 6.07 Å². The fraction of sp³-hybridized carbons (Fsp3) is 0.615. The quantitative estimate of drug-likeness (QED) is 0.790. The van der Waals surface area contributed by atoms with Crippen LogP contribution in [0.15, 0.2) is 9.59 Å². The van der Waals surface area contributed by atoms with Gasteiger partial charge in [0.05, 0.1) is 0 Å². The van der Waals surface area contributed by atoms with Crippen molar-refractivity contribution in [2.45, 2.75) is 26.3 Å². The van der Waals surface area contributed by atoms with Gasteiger partial charge in [0.15, 0.2) is 5.56 Å². The Balaban J connectivity index is 3.31.